The molecule has 3 N–H and O–H groups in total. The van der Waals surface area contributed by atoms with E-state index in [0.29, 0.717) is 5.92 Å². The number of benzene rings is 1. The molecule has 0 fully saturated rings. The summed E-state index contributed by atoms with van der Waals surface area (Å²) in [5.41, 5.74) is 6.26. The number of hydrogen-bond acceptors (Lipinski definition) is 5. The molecule has 1 aromatic carbocycles. The molecule has 0 radical (unpaired) electrons. The molecule has 0 spiro atoms. The Hall–Kier alpha value is -1.30. The minimum atomic E-state index is -0.0389. The Balaban J connectivity index is 2.39. The molecule has 1 heterocycles. The topological polar surface area (TPSA) is 63.8 Å². The van der Waals surface area contributed by atoms with Gasteiger partial charge in [-0.3, -0.25) is 5.84 Å². The van der Waals surface area contributed by atoms with Crippen LogP contribution in [-0.4, -0.2) is 9.59 Å². The van der Waals surface area contributed by atoms with Gasteiger partial charge in [-0.1, -0.05) is 48.2 Å². The Morgan fingerprint density at radius 2 is 1.89 bits per heavy atom. The van der Waals surface area contributed by atoms with E-state index in [2.05, 4.69) is 60.0 Å². The number of nitrogens with zero attached hydrogens (tertiary/aromatic N) is 2. The first kappa shape index (κ1) is 13.1. The van der Waals surface area contributed by atoms with E-state index >= 15 is 0 Å². The summed E-state index contributed by atoms with van der Waals surface area (Å²) in [7, 11) is 0. The molecular formula is C13H18N4S. The van der Waals surface area contributed by atoms with Crippen LogP contribution in [0.4, 0.5) is 0 Å². The Bertz CT molecular complexity index is 504. The summed E-state index contributed by atoms with van der Waals surface area (Å²) in [5, 5.41) is 4.20. The first-order valence-electron chi connectivity index (χ1n) is 5.98. The number of hydrazine groups is 1. The molecule has 18 heavy (non-hydrogen) atoms. The van der Waals surface area contributed by atoms with E-state index in [1.807, 2.05) is 0 Å². The van der Waals surface area contributed by atoms with Crippen LogP contribution in [0.5, 0.6) is 0 Å². The van der Waals surface area contributed by atoms with E-state index < -0.39 is 0 Å². The van der Waals surface area contributed by atoms with Gasteiger partial charge in [0.15, 0.2) is 0 Å². The molecule has 5 heteroatoms. The third kappa shape index (κ3) is 2.58. The van der Waals surface area contributed by atoms with Crippen molar-refractivity contribution in [3.63, 3.8) is 0 Å². The average Bonchev–Trinajstić information content (AvgIpc) is 2.82. The van der Waals surface area contributed by atoms with Crippen molar-refractivity contribution in [1.29, 1.82) is 0 Å². The highest BCUT2D eigenvalue weighted by Gasteiger charge is 2.21. The summed E-state index contributed by atoms with van der Waals surface area (Å²) in [6.45, 7) is 6.30. The van der Waals surface area contributed by atoms with Crippen molar-refractivity contribution in [3.05, 3.63) is 46.0 Å². The van der Waals surface area contributed by atoms with Crippen LogP contribution in [-0.2, 0) is 0 Å². The number of aromatic nitrogens is 2. The van der Waals surface area contributed by atoms with Crippen molar-refractivity contribution in [1.82, 2.24) is 15.0 Å². The molecule has 96 valence electrons. The molecule has 0 aliphatic heterocycles. The third-order valence-electron chi connectivity index (χ3n) is 2.93. The maximum atomic E-state index is 5.70. The van der Waals surface area contributed by atoms with Crippen molar-refractivity contribution < 1.29 is 0 Å². The van der Waals surface area contributed by atoms with Crippen LogP contribution in [0, 0.1) is 6.92 Å². The number of aryl methyl sites for hydroxylation is 1. The molecule has 2 rings (SSSR count). The second kappa shape index (κ2) is 5.56. The first-order valence-corrected chi connectivity index (χ1v) is 6.75. The summed E-state index contributed by atoms with van der Waals surface area (Å²) in [6.07, 6.45) is 0. The maximum absolute atomic E-state index is 5.70. The highest BCUT2D eigenvalue weighted by Crippen LogP contribution is 2.30. The molecule has 4 nitrogen and oxygen atoms in total. The fraction of sp³-hybridized carbons (Fsp3) is 0.385. The fourth-order valence-electron chi connectivity index (χ4n) is 1.89. The zero-order chi connectivity index (χ0) is 13.1. The van der Waals surface area contributed by atoms with E-state index in [0.717, 1.165) is 16.1 Å². The van der Waals surface area contributed by atoms with Crippen LogP contribution < -0.4 is 11.3 Å². The quantitative estimate of drug-likeness (QED) is 0.656. The van der Waals surface area contributed by atoms with Gasteiger partial charge in [-0.15, -0.1) is 5.10 Å². The van der Waals surface area contributed by atoms with Gasteiger partial charge in [0, 0.05) is 0 Å². The predicted molar refractivity (Wildman–Crippen MR) is 74.3 cm³/mol. The van der Waals surface area contributed by atoms with Crippen molar-refractivity contribution in [3.8, 4) is 0 Å². The van der Waals surface area contributed by atoms with Crippen molar-refractivity contribution in [2.45, 2.75) is 32.7 Å². The Kier molecular flexibility index (Phi) is 4.06. The molecule has 0 saturated carbocycles. The zero-order valence-electron chi connectivity index (χ0n) is 10.8. The molecule has 1 atom stereocenters. The SMILES string of the molecule is Cc1ccc(C(NN)c2snnc2C(C)C)cc1. The number of hydrogen-bond donors (Lipinski definition) is 2. The second-order valence-electron chi connectivity index (χ2n) is 4.69. The zero-order valence-corrected chi connectivity index (χ0v) is 11.7. The molecule has 1 unspecified atom stereocenters. The highest BCUT2D eigenvalue weighted by atomic mass is 32.1. The predicted octanol–water partition coefficient (Wildman–Crippen LogP) is 2.52. The van der Waals surface area contributed by atoms with Gasteiger partial charge in [0.25, 0.3) is 0 Å². The molecule has 0 aliphatic carbocycles. The van der Waals surface area contributed by atoms with Crippen LogP contribution in [0.15, 0.2) is 24.3 Å². The van der Waals surface area contributed by atoms with Gasteiger partial charge < -0.3 is 0 Å². The van der Waals surface area contributed by atoms with Crippen LogP contribution >= 0.6 is 11.5 Å². The summed E-state index contributed by atoms with van der Waals surface area (Å²) in [4.78, 5) is 1.09. The largest absolute Gasteiger partial charge is 0.271 e. The molecule has 0 aliphatic rings. The fourth-order valence-corrected chi connectivity index (χ4v) is 2.78. The minimum absolute atomic E-state index is 0.0389. The summed E-state index contributed by atoms with van der Waals surface area (Å²) in [6, 6.07) is 8.31. The second-order valence-corrected chi connectivity index (χ2v) is 5.47. The average molecular weight is 262 g/mol. The van der Waals surface area contributed by atoms with Gasteiger partial charge in [-0.2, -0.15) is 0 Å². The van der Waals surface area contributed by atoms with Gasteiger partial charge in [-0.25, -0.2) is 5.43 Å². The van der Waals surface area contributed by atoms with E-state index in [1.54, 1.807) is 0 Å². The van der Waals surface area contributed by atoms with Gasteiger partial charge in [-0.05, 0) is 29.9 Å². The highest BCUT2D eigenvalue weighted by molar-refractivity contribution is 7.05. The molecule has 0 amide bonds. The number of nitrogens with one attached hydrogen (secondary N) is 1. The number of rotatable bonds is 4. The number of nitrogens with two attached hydrogens (primary N) is 1. The lowest BCUT2D eigenvalue weighted by atomic mass is 10.00. The van der Waals surface area contributed by atoms with Gasteiger partial charge in [0.1, 0.15) is 0 Å². The summed E-state index contributed by atoms with van der Waals surface area (Å²) >= 11 is 1.41. The molecule has 0 bridgehead atoms. The lowest BCUT2D eigenvalue weighted by Gasteiger charge is -2.16. The summed E-state index contributed by atoms with van der Waals surface area (Å²) in [5.74, 6) is 6.05. The smallest absolute Gasteiger partial charge is 0.0837 e. The van der Waals surface area contributed by atoms with Gasteiger partial charge in [0.05, 0.1) is 16.6 Å². The Morgan fingerprint density at radius 3 is 2.44 bits per heavy atom. The monoisotopic (exact) mass is 262 g/mol. The molecule has 0 saturated heterocycles. The van der Waals surface area contributed by atoms with Gasteiger partial charge >= 0.3 is 0 Å². The molecule has 2 aromatic rings. The maximum Gasteiger partial charge on any atom is 0.0837 e. The van der Waals surface area contributed by atoms with E-state index in [4.69, 9.17) is 5.84 Å². The standard InChI is InChI=1S/C13H18N4S/c1-8(2)11-13(18-17-16-11)12(15-14)10-6-4-9(3)5-7-10/h4-8,12,15H,14H2,1-3H3. The van der Waals surface area contributed by atoms with Crippen LogP contribution in [0.2, 0.25) is 0 Å². The Labute approximate surface area is 111 Å². The summed E-state index contributed by atoms with van der Waals surface area (Å²) < 4.78 is 4.05. The minimum Gasteiger partial charge on any atom is -0.271 e. The van der Waals surface area contributed by atoms with E-state index in [-0.39, 0.29) is 6.04 Å². The van der Waals surface area contributed by atoms with Crippen molar-refractivity contribution >= 4 is 11.5 Å². The lowest BCUT2D eigenvalue weighted by molar-refractivity contribution is 0.631. The van der Waals surface area contributed by atoms with E-state index in [9.17, 15) is 0 Å². The van der Waals surface area contributed by atoms with E-state index in [1.165, 1.54) is 17.1 Å². The van der Waals surface area contributed by atoms with Crippen LogP contribution in [0.25, 0.3) is 0 Å². The normalized spacial score (nSPS) is 12.9. The van der Waals surface area contributed by atoms with Crippen molar-refractivity contribution in [2.24, 2.45) is 5.84 Å². The van der Waals surface area contributed by atoms with Crippen molar-refractivity contribution in [2.75, 3.05) is 0 Å². The van der Waals surface area contributed by atoms with Crippen LogP contribution in [0.3, 0.4) is 0 Å². The van der Waals surface area contributed by atoms with Gasteiger partial charge in [0.2, 0.25) is 0 Å². The Morgan fingerprint density at radius 1 is 1.22 bits per heavy atom. The third-order valence-corrected chi connectivity index (χ3v) is 3.73. The molecule has 1 aromatic heterocycles. The first-order chi connectivity index (χ1) is 8.63. The van der Waals surface area contributed by atoms with Crippen LogP contribution in [0.1, 0.15) is 47.5 Å². The lowest BCUT2D eigenvalue weighted by Crippen LogP contribution is -2.29. The molecular weight excluding hydrogens is 244 g/mol.